The summed E-state index contributed by atoms with van der Waals surface area (Å²) in [6.45, 7) is 1.49. The van der Waals surface area contributed by atoms with Crippen LogP contribution in [0, 0.1) is 0 Å². The van der Waals surface area contributed by atoms with Gasteiger partial charge in [0.2, 0.25) is 0 Å². The van der Waals surface area contributed by atoms with Crippen molar-refractivity contribution >= 4 is 34.2 Å². The van der Waals surface area contributed by atoms with E-state index in [0.717, 1.165) is 18.4 Å². The molecule has 0 atom stereocenters. The van der Waals surface area contributed by atoms with Gasteiger partial charge in [0.05, 0.1) is 18.4 Å². The predicted octanol–water partition coefficient (Wildman–Crippen LogP) is 2.39. The molecule has 0 aliphatic heterocycles. The van der Waals surface area contributed by atoms with Crippen molar-refractivity contribution < 1.29 is 23.9 Å². The van der Waals surface area contributed by atoms with Gasteiger partial charge in [-0.25, -0.2) is 14.6 Å². The van der Waals surface area contributed by atoms with E-state index in [9.17, 15) is 14.4 Å². The van der Waals surface area contributed by atoms with Crippen LogP contribution in [0.3, 0.4) is 0 Å². The van der Waals surface area contributed by atoms with Crippen LogP contribution in [0.5, 0.6) is 0 Å². The molecule has 0 radical (unpaired) electrons. The van der Waals surface area contributed by atoms with Gasteiger partial charge in [0.15, 0.2) is 12.3 Å². The average molecular weight is 375 g/mol. The maximum absolute atomic E-state index is 12.2. The fraction of sp³-hybridized carbons (Fsp3) is 0.353. The highest BCUT2D eigenvalue weighted by molar-refractivity contribution is 7.15. The minimum Gasteiger partial charge on any atom is -0.462 e. The highest BCUT2D eigenvalue weighted by atomic mass is 32.1. The smallest absolute Gasteiger partial charge is 0.359 e. The summed E-state index contributed by atoms with van der Waals surface area (Å²) in [6, 6.07) is 0. The van der Waals surface area contributed by atoms with E-state index in [4.69, 9.17) is 9.47 Å². The van der Waals surface area contributed by atoms with Crippen molar-refractivity contribution in [3.63, 3.8) is 0 Å². The molecule has 2 aromatic rings. The zero-order chi connectivity index (χ0) is 18.5. The Labute approximate surface area is 153 Å². The van der Waals surface area contributed by atoms with E-state index in [2.05, 4.69) is 15.3 Å². The highest BCUT2D eigenvalue weighted by Crippen LogP contribution is 2.46. The summed E-state index contributed by atoms with van der Waals surface area (Å²) in [7, 11) is 0. The van der Waals surface area contributed by atoms with Gasteiger partial charge < -0.3 is 14.8 Å². The van der Waals surface area contributed by atoms with Crippen LogP contribution in [0.15, 0.2) is 24.0 Å². The molecular formula is C17H17N3O5S. The molecule has 0 aromatic carbocycles. The zero-order valence-electron chi connectivity index (χ0n) is 14.1. The number of esters is 2. The molecule has 0 spiro atoms. The van der Waals surface area contributed by atoms with Crippen LogP contribution in [-0.2, 0) is 14.3 Å². The number of hydrogen-bond donors (Lipinski definition) is 1. The summed E-state index contributed by atoms with van der Waals surface area (Å²) in [4.78, 5) is 43.7. The van der Waals surface area contributed by atoms with Crippen molar-refractivity contribution in [3.05, 3.63) is 40.8 Å². The topological polar surface area (TPSA) is 107 Å². The van der Waals surface area contributed by atoms with Crippen molar-refractivity contribution in [2.24, 2.45) is 0 Å². The molecule has 1 fully saturated rings. The number of hydrogen-bond acceptors (Lipinski definition) is 8. The number of rotatable bonds is 7. The van der Waals surface area contributed by atoms with Gasteiger partial charge in [-0.2, -0.15) is 0 Å². The Morgan fingerprint density at radius 2 is 2.04 bits per heavy atom. The molecule has 2 aromatic heterocycles. The molecule has 136 valence electrons. The van der Waals surface area contributed by atoms with Crippen LogP contribution in [0.2, 0.25) is 0 Å². The van der Waals surface area contributed by atoms with Crippen LogP contribution in [0.4, 0.5) is 5.00 Å². The maximum atomic E-state index is 12.2. The van der Waals surface area contributed by atoms with E-state index in [-0.39, 0.29) is 12.3 Å². The predicted molar refractivity (Wildman–Crippen MR) is 93.2 cm³/mol. The first-order valence-corrected chi connectivity index (χ1v) is 8.99. The van der Waals surface area contributed by atoms with Crippen molar-refractivity contribution in [1.29, 1.82) is 0 Å². The van der Waals surface area contributed by atoms with Crippen LogP contribution < -0.4 is 5.32 Å². The van der Waals surface area contributed by atoms with E-state index in [1.54, 1.807) is 6.92 Å². The Balaban J connectivity index is 1.64. The lowest BCUT2D eigenvalue weighted by atomic mass is 10.1. The van der Waals surface area contributed by atoms with Gasteiger partial charge in [0, 0.05) is 12.4 Å². The second-order valence-electron chi connectivity index (χ2n) is 5.60. The minimum atomic E-state index is -0.747. The first-order chi connectivity index (χ1) is 12.6. The Bertz CT molecular complexity index is 817. The summed E-state index contributed by atoms with van der Waals surface area (Å²) >= 11 is 1.26. The van der Waals surface area contributed by atoms with Gasteiger partial charge in [-0.1, -0.05) is 0 Å². The standard InChI is InChI=1S/C17H17N3O5S/c1-2-24-17(23)14-11(10-3-4-10)9-26-15(14)20-13(21)8-25-16(22)12-7-18-5-6-19-12/h5-7,9-10H,2-4,8H2,1H3,(H,20,21). The van der Waals surface area contributed by atoms with Gasteiger partial charge in [-0.05, 0) is 36.6 Å². The van der Waals surface area contributed by atoms with Crippen molar-refractivity contribution in [2.75, 3.05) is 18.5 Å². The van der Waals surface area contributed by atoms with Gasteiger partial charge in [-0.3, -0.25) is 9.78 Å². The quantitative estimate of drug-likeness (QED) is 0.740. The number of ether oxygens (including phenoxy) is 2. The molecule has 1 amide bonds. The number of thiophene rings is 1. The van der Waals surface area contributed by atoms with Gasteiger partial charge in [-0.15, -0.1) is 11.3 Å². The van der Waals surface area contributed by atoms with Crippen LogP contribution in [0.1, 0.15) is 52.1 Å². The molecule has 1 saturated carbocycles. The number of carbonyl (C=O) groups excluding carboxylic acids is 3. The Morgan fingerprint density at radius 1 is 1.23 bits per heavy atom. The molecule has 0 saturated heterocycles. The van der Waals surface area contributed by atoms with E-state index in [1.165, 1.54) is 29.9 Å². The van der Waals surface area contributed by atoms with Gasteiger partial charge in [0.1, 0.15) is 5.00 Å². The molecule has 8 nitrogen and oxygen atoms in total. The lowest BCUT2D eigenvalue weighted by Gasteiger charge is -2.08. The molecule has 0 bridgehead atoms. The lowest BCUT2D eigenvalue weighted by molar-refractivity contribution is -0.119. The number of aromatic nitrogens is 2. The number of carbonyl (C=O) groups is 3. The lowest BCUT2D eigenvalue weighted by Crippen LogP contribution is -2.22. The minimum absolute atomic E-state index is 0.0136. The Kier molecular flexibility index (Phi) is 5.57. The zero-order valence-corrected chi connectivity index (χ0v) is 14.9. The molecule has 3 rings (SSSR count). The monoisotopic (exact) mass is 375 g/mol. The summed E-state index contributed by atoms with van der Waals surface area (Å²) in [6.07, 6.45) is 6.07. The molecule has 9 heteroatoms. The van der Waals surface area contributed by atoms with E-state index >= 15 is 0 Å². The second-order valence-corrected chi connectivity index (χ2v) is 6.48. The normalized spacial score (nSPS) is 13.1. The molecule has 1 N–H and O–H groups in total. The third-order valence-corrected chi connectivity index (χ3v) is 4.59. The number of anilines is 1. The number of nitrogens with zero attached hydrogens (tertiary/aromatic N) is 2. The molecule has 1 aliphatic rings. The maximum Gasteiger partial charge on any atom is 0.359 e. The number of nitrogens with one attached hydrogen (secondary N) is 1. The SMILES string of the molecule is CCOC(=O)c1c(C2CC2)csc1NC(=O)COC(=O)c1cnccn1. The van der Waals surface area contributed by atoms with Gasteiger partial charge >= 0.3 is 11.9 Å². The molecule has 26 heavy (non-hydrogen) atoms. The van der Waals surface area contributed by atoms with Gasteiger partial charge in [0.25, 0.3) is 5.91 Å². The third-order valence-electron chi connectivity index (χ3n) is 3.68. The molecule has 0 unspecified atom stereocenters. The van der Waals surface area contributed by atoms with Crippen molar-refractivity contribution in [2.45, 2.75) is 25.7 Å². The Hall–Kier alpha value is -2.81. The van der Waals surface area contributed by atoms with E-state index < -0.39 is 24.5 Å². The molecule has 1 aliphatic carbocycles. The van der Waals surface area contributed by atoms with Crippen LogP contribution in [-0.4, -0.2) is 41.0 Å². The van der Waals surface area contributed by atoms with E-state index in [0.29, 0.717) is 16.5 Å². The number of amides is 1. The van der Waals surface area contributed by atoms with Crippen LogP contribution >= 0.6 is 11.3 Å². The summed E-state index contributed by atoms with van der Waals surface area (Å²) in [5.41, 5.74) is 1.31. The largest absolute Gasteiger partial charge is 0.462 e. The summed E-state index contributed by atoms with van der Waals surface area (Å²) in [5, 5.41) is 4.90. The summed E-state index contributed by atoms with van der Waals surface area (Å²) < 4.78 is 10.0. The fourth-order valence-electron chi connectivity index (χ4n) is 2.34. The average Bonchev–Trinajstić information content (AvgIpc) is 3.41. The van der Waals surface area contributed by atoms with Crippen molar-refractivity contribution in [3.8, 4) is 0 Å². The summed E-state index contributed by atoms with van der Waals surface area (Å²) in [5.74, 6) is -1.41. The van der Waals surface area contributed by atoms with E-state index in [1.807, 2.05) is 5.38 Å². The molecule has 2 heterocycles. The Morgan fingerprint density at radius 3 is 2.69 bits per heavy atom. The fourth-order valence-corrected chi connectivity index (χ4v) is 3.39. The van der Waals surface area contributed by atoms with Crippen molar-refractivity contribution in [1.82, 2.24) is 9.97 Å². The van der Waals surface area contributed by atoms with Crippen LogP contribution in [0.25, 0.3) is 0 Å². The second kappa shape index (κ2) is 8.05. The third kappa shape index (κ3) is 4.23. The first-order valence-electron chi connectivity index (χ1n) is 8.11. The first kappa shape index (κ1) is 18.0. The molecular weight excluding hydrogens is 358 g/mol. The highest BCUT2D eigenvalue weighted by Gasteiger charge is 2.32.